The first-order valence-electron chi connectivity index (χ1n) is 9.43. The summed E-state index contributed by atoms with van der Waals surface area (Å²) in [5, 5.41) is 33.3. The molecule has 0 amide bonds. The Kier molecular flexibility index (Phi) is 5.04. The van der Waals surface area contributed by atoms with Gasteiger partial charge in [-0.15, -0.1) is 10.2 Å². The summed E-state index contributed by atoms with van der Waals surface area (Å²) in [4.78, 5) is 0. The molecule has 2 atom stereocenters. The van der Waals surface area contributed by atoms with Gasteiger partial charge in [-0.1, -0.05) is 24.3 Å². The van der Waals surface area contributed by atoms with E-state index < -0.39 is 17.5 Å². The van der Waals surface area contributed by atoms with E-state index >= 15 is 0 Å². The highest BCUT2D eigenvalue weighted by Gasteiger charge is 2.31. The monoisotopic (exact) mass is 403 g/mol. The van der Waals surface area contributed by atoms with Crippen LogP contribution in [0.4, 0.5) is 19.0 Å². The summed E-state index contributed by atoms with van der Waals surface area (Å²) in [5.74, 6) is 0.0465. The molecule has 3 N–H and O–H groups in total. The average molecular weight is 403 g/mol. The third-order valence-corrected chi connectivity index (χ3v) is 5.25. The van der Waals surface area contributed by atoms with Crippen LogP contribution >= 0.6 is 0 Å². The van der Waals surface area contributed by atoms with Gasteiger partial charge in [-0.05, 0) is 43.9 Å². The number of phenols is 1. The number of hydrogen-bond donors (Lipinski definition) is 3. The van der Waals surface area contributed by atoms with Crippen molar-refractivity contribution in [3.63, 3.8) is 0 Å². The van der Waals surface area contributed by atoms with E-state index in [1.54, 1.807) is 12.1 Å². The number of phenolic OH excluding ortho intramolecular Hbond substituents is 1. The third-order valence-electron chi connectivity index (χ3n) is 5.25. The molecular formula is C21H20F3N3O2. The number of aliphatic hydroxyl groups excluding tert-OH is 1. The number of aromatic nitrogens is 2. The summed E-state index contributed by atoms with van der Waals surface area (Å²) in [6, 6.07) is 10.2. The van der Waals surface area contributed by atoms with E-state index in [0.717, 1.165) is 30.7 Å². The zero-order chi connectivity index (χ0) is 20.6. The number of alkyl halides is 3. The van der Waals surface area contributed by atoms with Crippen LogP contribution in [0.3, 0.4) is 0 Å². The minimum Gasteiger partial charge on any atom is -0.507 e. The Morgan fingerprint density at radius 3 is 2.45 bits per heavy atom. The summed E-state index contributed by atoms with van der Waals surface area (Å²) >= 11 is 0. The van der Waals surface area contributed by atoms with Crippen LogP contribution in [-0.4, -0.2) is 32.6 Å². The van der Waals surface area contributed by atoms with Gasteiger partial charge in [0.05, 0.1) is 11.7 Å². The number of benzene rings is 2. The van der Waals surface area contributed by atoms with Crippen LogP contribution in [0.2, 0.25) is 0 Å². The maximum atomic E-state index is 12.9. The first kappa shape index (κ1) is 19.4. The molecule has 2 aromatic carbocycles. The summed E-state index contributed by atoms with van der Waals surface area (Å²) in [6.45, 7) is 0. The maximum Gasteiger partial charge on any atom is 0.416 e. The summed E-state index contributed by atoms with van der Waals surface area (Å²) in [5.41, 5.74) is -0.437. The van der Waals surface area contributed by atoms with Crippen molar-refractivity contribution in [1.82, 2.24) is 10.2 Å². The molecule has 0 unspecified atom stereocenters. The first-order valence-corrected chi connectivity index (χ1v) is 9.43. The van der Waals surface area contributed by atoms with Crippen molar-refractivity contribution < 1.29 is 23.4 Å². The van der Waals surface area contributed by atoms with Gasteiger partial charge in [0, 0.05) is 22.4 Å². The van der Waals surface area contributed by atoms with Gasteiger partial charge >= 0.3 is 6.18 Å². The van der Waals surface area contributed by atoms with Crippen LogP contribution in [0.15, 0.2) is 42.5 Å². The molecule has 3 aromatic rings. The van der Waals surface area contributed by atoms with Crippen molar-refractivity contribution in [3.05, 3.63) is 48.0 Å². The average Bonchev–Trinajstić information content (AvgIpc) is 2.68. The predicted octanol–water partition coefficient (Wildman–Crippen LogP) is 4.74. The molecule has 1 heterocycles. The SMILES string of the molecule is Oc1cc(C(F)(F)F)ccc1-c1nnc(N[C@H]2CCC[C@@H](O)C2)c2ccccc12. The zero-order valence-electron chi connectivity index (χ0n) is 15.4. The quantitative estimate of drug-likeness (QED) is 0.589. The number of rotatable bonds is 3. The number of halogens is 3. The lowest BCUT2D eigenvalue weighted by Gasteiger charge is -2.27. The molecule has 0 saturated heterocycles. The Labute approximate surface area is 165 Å². The van der Waals surface area contributed by atoms with Gasteiger partial charge in [-0.25, -0.2) is 0 Å². The topological polar surface area (TPSA) is 78.3 Å². The van der Waals surface area contributed by atoms with Crippen molar-refractivity contribution >= 4 is 16.6 Å². The van der Waals surface area contributed by atoms with Crippen LogP contribution in [0.1, 0.15) is 31.2 Å². The van der Waals surface area contributed by atoms with Crippen molar-refractivity contribution in [2.45, 2.75) is 44.0 Å². The second kappa shape index (κ2) is 7.51. The van der Waals surface area contributed by atoms with E-state index in [0.29, 0.717) is 29.4 Å². The molecule has 0 spiro atoms. The second-order valence-electron chi connectivity index (χ2n) is 7.33. The van der Waals surface area contributed by atoms with Crippen LogP contribution < -0.4 is 5.32 Å². The summed E-state index contributed by atoms with van der Waals surface area (Å²) in [6.07, 6.45) is -1.64. The molecule has 8 heteroatoms. The first-order chi connectivity index (χ1) is 13.8. The van der Waals surface area contributed by atoms with Crippen molar-refractivity contribution in [2.75, 3.05) is 5.32 Å². The predicted molar refractivity (Wildman–Crippen MR) is 104 cm³/mol. The van der Waals surface area contributed by atoms with Crippen LogP contribution in [0, 0.1) is 0 Å². The molecule has 29 heavy (non-hydrogen) atoms. The van der Waals surface area contributed by atoms with Crippen molar-refractivity contribution in [1.29, 1.82) is 0 Å². The molecule has 1 saturated carbocycles. The number of nitrogens with one attached hydrogen (secondary N) is 1. The molecule has 0 aliphatic heterocycles. The van der Waals surface area contributed by atoms with Crippen LogP contribution in [0.25, 0.3) is 22.0 Å². The van der Waals surface area contributed by atoms with Crippen molar-refractivity contribution in [2.24, 2.45) is 0 Å². The Balaban J connectivity index is 1.74. The number of aromatic hydroxyl groups is 1. The molecule has 5 nitrogen and oxygen atoms in total. The zero-order valence-corrected chi connectivity index (χ0v) is 15.4. The standard InChI is InChI=1S/C21H20F3N3O2/c22-21(23,24)12-8-9-17(18(29)10-12)19-15-6-1-2-7-16(15)20(27-26-19)25-13-4-3-5-14(28)11-13/h1-2,6-10,13-14,28-29H,3-5,11H2,(H,25,27)/t13-,14+/m0/s1. The summed E-state index contributed by atoms with van der Waals surface area (Å²) in [7, 11) is 0. The highest BCUT2D eigenvalue weighted by Crippen LogP contribution is 2.39. The Bertz CT molecular complexity index is 1040. The largest absolute Gasteiger partial charge is 0.507 e. The lowest BCUT2D eigenvalue weighted by Crippen LogP contribution is -2.30. The molecule has 1 aliphatic rings. The number of aliphatic hydroxyl groups is 1. The normalized spacial score (nSPS) is 20.0. The van der Waals surface area contributed by atoms with Crippen molar-refractivity contribution in [3.8, 4) is 17.0 Å². The lowest BCUT2D eigenvalue weighted by molar-refractivity contribution is -0.137. The number of fused-ring (bicyclic) bond motifs is 1. The van der Waals surface area contributed by atoms with Gasteiger partial charge < -0.3 is 15.5 Å². The fourth-order valence-electron chi connectivity index (χ4n) is 3.81. The van der Waals surface area contributed by atoms with Gasteiger partial charge in [0.2, 0.25) is 0 Å². The Hall–Kier alpha value is -2.87. The molecule has 1 aromatic heterocycles. The molecular weight excluding hydrogens is 383 g/mol. The molecule has 152 valence electrons. The summed E-state index contributed by atoms with van der Waals surface area (Å²) < 4.78 is 38.7. The van der Waals surface area contributed by atoms with E-state index in [9.17, 15) is 23.4 Å². The van der Waals surface area contributed by atoms with Crippen LogP contribution in [-0.2, 0) is 6.18 Å². The smallest absolute Gasteiger partial charge is 0.416 e. The molecule has 1 fully saturated rings. The number of nitrogens with zero attached hydrogens (tertiary/aromatic N) is 2. The minimum absolute atomic E-state index is 0.0711. The Morgan fingerprint density at radius 2 is 1.76 bits per heavy atom. The molecule has 0 radical (unpaired) electrons. The van der Waals surface area contributed by atoms with Gasteiger partial charge in [0.1, 0.15) is 11.4 Å². The minimum atomic E-state index is -4.54. The fraction of sp³-hybridized carbons (Fsp3) is 0.333. The van der Waals surface area contributed by atoms with E-state index in [2.05, 4.69) is 15.5 Å². The van der Waals surface area contributed by atoms with Gasteiger partial charge in [-0.3, -0.25) is 0 Å². The molecule has 0 bridgehead atoms. The highest BCUT2D eigenvalue weighted by molar-refractivity contribution is 6.00. The highest BCUT2D eigenvalue weighted by atomic mass is 19.4. The van der Waals surface area contributed by atoms with Gasteiger partial charge in [0.25, 0.3) is 0 Å². The number of hydrogen-bond acceptors (Lipinski definition) is 5. The Morgan fingerprint density at radius 1 is 1.00 bits per heavy atom. The molecule has 4 rings (SSSR count). The van der Waals surface area contributed by atoms with Gasteiger partial charge in [-0.2, -0.15) is 13.2 Å². The lowest BCUT2D eigenvalue weighted by atomic mass is 9.93. The molecule has 1 aliphatic carbocycles. The second-order valence-corrected chi connectivity index (χ2v) is 7.33. The maximum absolute atomic E-state index is 12.9. The van der Waals surface area contributed by atoms with E-state index in [1.807, 2.05) is 12.1 Å². The van der Waals surface area contributed by atoms with Crippen LogP contribution in [0.5, 0.6) is 5.75 Å². The van der Waals surface area contributed by atoms with E-state index in [-0.39, 0.29) is 17.7 Å². The van der Waals surface area contributed by atoms with Gasteiger partial charge in [0.15, 0.2) is 5.82 Å². The third kappa shape index (κ3) is 3.98. The van der Waals surface area contributed by atoms with E-state index in [4.69, 9.17) is 0 Å². The fourth-order valence-corrected chi connectivity index (χ4v) is 3.81. The number of anilines is 1. The van der Waals surface area contributed by atoms with E-state index in [1.165, 1.54) is 6.07 Å².